The van der Waals surface area contributed by atoms with E-state index in [1.54, 1.807) is 34.3 Å². The molecule has 2 aliphatic carbocycles. The first-order valence-electron chi connectivity index (χ1n) is 11.3. The summed E-state index contributed by atoms with van der Waals surface area (Å²) < 4.78 is 0. The standard InChI is InChI=1S/C24H27N5O4/c25-20-12-16(17-11-18(14-26-13-17)27-21(30)15-1-2-15)3-4-19(20)22(31)28-7-9-29(10-8-28)23(32)24(33)5-6-24/h3-4,11-15,33H,1-2,5-10,25H2,(H,27,30). The molecule has 1 aromatic heterocycles. The average Bonchev–Trinajstić information content (AvgIpc) is 3.75. The Morgan fingerprint density at radius 1 is 1.00 bits per heavy atom. The van der Waals surface area contributed by atoms with E-state index >= 15 is 0 Å². The van der Waals surface area contributed by atoms with Crippen molar-refractivity contribution in [3.05, 3.63) is 42.2 Å². The maximum Gasteiger partial charge on any atom is 0.256 e. The van der Waals surface area contributed by atoms with E-state index in [2.05, 4.69) is 10.3 Å². The Balaban J connectivity index is 1.25. The summed E-state index contributed by atoms with van der Waals surface area (Å²) >= 11 is 0. The molecule has 3 amide bonds. The van der Waals surface area contributed by atoms with E-state index in [0.29, 0.717) is 56.0 Å². The van der Waals surface area contributed by atoms with Gasteiger partial charge in [0, 0.05) is 49.5 Å². The van der Waals surface area contributed by atoms with E-state index in [1.165, 1.54) is 0 Å². The summed E-state index contributed by atoms with van der Waals surface area (Å²) in [6.07, 6.45) is 6.18. The molecule has 1 aromatic carbocycles. The normalized spacial score (nSPS) is 19.2. The van der Waals surface area contributed by atoms with Crippen LogP contribution < -0.4 is 11.1 Å². The summed E-state index contributed by atoms with van der Waals surface area (Å²) in [6, 6.07) is 7.09. The third-order valence-electron chi connectivity index (χ3n) is 6.55. The predicted octanol–water partition coefficient (Wildman–Crippen LogP) is 1.49. The predicted molar refractivity (Wildman–Crippen MR) is 122 cm³/mol. The average molecular weight is 450 g/mol. The number of carbonyl (C=O) groups excluding carboxylic acids is 3. The number of benzene rings is 1. The number of pyridine rings is 1. The van der Waals surface area contributed by atoms with E-state index in [4.69, 9.17) is 5.73 Å². The third-order valence-corrected chi connectivity index (χ3v) is 6.55. The largest absolute Gasteiger partial charge is 0.398 e. The second-order valence-electron chi connectivity index (χ2n) is 9.14. The molecular weight excluding hydrogens is 422 g/mol. The highest BCUT2D eigenvalue weighted by atomic mass is 16.3. The number of rotatable bonds is 5. The van der Waals surface area contributed by atoms with Gasteiger partial charge >= 0.3 is 0 Å². The Kier molecular flexibility index (Phi) is 5.28. The van der Waals surface area contributed by atoms with Gasteiger partial charge in [-0.3, -0.25) is 19.4 Å². The van der Waals surface area contributed by atoms with Gasteiger partial charge in [-0.25, -0.2) is 0 Å². The van der Waals surface area contributed by atoms with Crippen molar-refractivity contribution < 1.29 is 19.5 Å². The highest BCUT2D eigenvalue weighted by Crippen LogP contribution is 2.37. The molecule has 2 saturated carbocycles. The van der Waals surface area contributed by atoms with Crippen LogP contribution >= 0.6 is 0 Å². The van der Waals surface area contributed by atoms with Gasteiger partial charge in [0.15, 0.2) is 0 Å². The fourth-order valence-corrected chi connectivity index (χ4v) is 4.10. The monoisotopic (exact) mass is 449 g/mol. The molecule has 3 fully saturated rings. The van der Waals surface area contributed by atoms with Gasteiger partial charge in [0.1, 0.15) is 5.60 Å². The van der Waals surface area contributed by atoms with E-state index in [9.17, 15) is 19.5 Å². The Morgan fingerprint density at radius 2 is 1.70 bits per heavy atom. The minimum absolute atomic E-state index is 0.0162. The SMILES string of the molecule is Nc1cc(-c2cncc(NC(=O)C3CC3)c2)ccc1C(=O)N1CCN(C(=O)C2(O)CC2)CC1. The van der Waals surface area contributed by atoms with Crippen molar-refractivity contribution in [3.63, 3.8) is 0 Å². The number of anilines is 2. The zero-order valence-electron chi connectivity index (χ0n) is 18.3. The first-order chi connectivity index (χ1) is 15.8. The van der Waals surface area contributed by atoms with Crippen LogP contribution in [0.1, 0.15) is 36.0 Å². The number of nitrogen functional groups attached to an aromatic ring is 1. The van der Waals surface area contributed by atoms with Crippen LogP contribution in [0.15, 0.2) is 36.7 Å². The number of nitrogens with two attached hydrogens (primary N) is 1. The topological polar surface area (TPSA) is 129 Å². The molecule has 2 aromatic rings. The second kappa shape index (κ2) is 8.15. The van der Waals surface area contributed by atoms with Crippen LogP contribution in [0.5, 0.6) is 0 Å². The first kappa shape index (κ1) is 21.4. The summed E-state index contributed by atoms with van der Waals surface area (Å²) in [5.74, 6) is -0.293. The Morgan fingerprint density at radius 3 is 2.33 bits per heavy atom. The van der Waals surface area contributed by atoms with Crippen LogP contribution in [0.25, 0.3) is 11.1 Å². The first-order valence-corrected chi connectivity index (χ1v) is 11.3. The van der Waals surface area contributed by atoms with Crippen LogP contribution in [0, 0.1) is 5.92 Å². The molecule has 3 aliphatic rings. The molecule has 4 N–H and O–H groups in total. The summed E-state index contributed by atoms with van der Waals surface area (Å²) in [5.41, 5.74) is 8.04. The van der Waals surface area contributed by atoms with Gasteiger partial charge in [-0.1, -0.05) is 6.07 Å². The molecule has 2 heterocycles. The van der Waals surface area contributed by atoms with Gasteiger partial charge in [-0.2, -0.15) is 0 Å². The molecule has 1 saturated heterocycles. The van der Waals surface area contributed by atoms with Crippen LogP contribution in [0.3, 0.4) is 0 Å². The van der Waals surface area contributed by atoms with Crippen molar-refractivity contribution in [2.45, 2.75) is 31.3 Å². The lowest BCUT2D eigenvalue weighted by Gasteiger charge is -2.36. The van der Waals surface area contributed by atoms with Crippen LogP contribution in [0.4, 0.5) is 11.4 Å². The minimum atomic E-state index is -1.18. The molecular formula is C24H27N5O4. The van der Waals surface area contributed by atoms with E-state index < -0.39 is 5.60 Å². The molecule has 33 heavy (non-hydrogen) atoms. The van der Waals surface area contributed by atoms with Crippen molar-refractivity contribution in [1.82, 2.24) is 14.8 Å². The zero-order chi connectivity index (χ0) is 23.2. The number of aromatic nitrogens is 1. The van der Waals surface area contributed by atoms with Crippen molar-refractivity contribution in [3.8, 4) is 11.1 Å². The summed E-state index contributed by atoms with van der Waals surface area (Å²) in [7, 11) is 0. The lowest BCUT2D eigenvalue weighted by Crippen LogP contribution is -2.53. The van der Waals surface area contributed by atoms with Crippen LogP contribution in [-0.2, 0) is 9.59 Å². The van der Waals surface area contributed by atoms with Gasteiger partial charge in [0.25, 0.3) is 11.8 Å². The van der Waals surface area contributed by atoms with Crippen molar-refractivity contribution in [1.29, 1.82) is 0 Å². The summed E-state index contributed by atoms with van der Waals surface area (Å²) in [4.78, 5) is 44.9. The lowest BCUT2D eigenvalue weighted by atomic mass is 10.0. The number of carbonyl (C=O) groups is 3. The van der Waals surface area contributed by atoms with Crippen molar-refractivity contribution >= 4 is 29.1 Å². The summed E-state index contributed by atoms with van der Waals surface area (Å²) in [6.45, 7) is 1.59. The molecule has 0 spiro atoms. The molecule has 5 rings (SSSR count). The van der Waals surface area contributed by atoms with Crippen molar-refractivity contribution in [2.24, 2.45) is 5.92 Å². The fourth-order valence-electron chi connectivity index (χ4n) is 4.10. The molecule has 9 heteroatoms. The Hall–Kier alpha value is -3.46. The number of nitrogens with zero attached hydrogens (tertiary/aromatic N) is 3. The maximum absolute atomic E-state index is 13.0. The molecule has 0 unspecified atom stereocenters. The molecule has 1 aliphatic heterocycles. The molecule has 0 atom stereocenters. The molecule has 0 radical (unpaired) electrons. The van der Waals surface area contributed by atoms with Gasteiger partial charge in [0.2, 0.25) is 5.91 Å². The number of nitrogens with one attached hydrogen (secondary N) is 1. The quantitative estimate of drug-likeness (QED) is 0.593. The molecule has 0 bridgehead atoms. The minimum Gasteiger partial charge on any atom is -0.398 e. The molecule has 9 nitrogen and oxygen atoms in total. The fraction of sp³-hybridized carbons (Fsp3) is 0.417. The second-order valence-corrected chi connectivity index (χ2v) is 9.14. The van der Waals surface area contributed by atoms with Gasteiger partial charge in [-0.05, 0) is 49.4 Å². The molecule has 172 valence electrons. The maximum atomic E-state index is 13.0. The van der Waals surface area contributed by atoms with Crippen molar-refractivity contribution in [2.75, 3.05) is 37.2 Å². The van der Waals surface area contributed by atoms with E-state index in [1.807, 2.05) is 12.1 Å². The third kappa shape index (κ3) is 4.41. The van der Waals surface area contributed by atoms with Gasteiger partial charge < -0.3 is 26.0 Å². The number of hydrogen-bond acceptors (Lipinski definition) is 6. The van der Waals surface area contributed by atoms with Gasteiger partial charge in [0.05, 0.1) is 17.4 Å². The highest BCUT2D eigenvalue weighted by molar-refractivity contribution is 6.00. The van der Waals surface area contributed by atoms with E-state index in [0.717, 1.165) is 24.0 Å². The van der Waals surface area contributed by atoms with Gasteiger partial charge in [-0.15, -0.1) is 0 Å². The Bertz CT molecular complexity index is 1120. The van der Waals surface area contributed by atoms with Crippen LogP contribution in [0.2, 0.25) is 0 Å². The summed E-state index contributed by atoms with van der Waals surface area (Å²) in [5, 5.41) is 12.9. The van der Waals surface area contributed by atoms with Crippen LogP contribution in [-0.4, -0.2) is 69.4 Å². The van der Waals surface area contributed by atoms with E-state index in [-0.39, 0.29) is 23.6 Å². The lowest BCUT2D eigenvalue weighted by molar-refractivity contribution is -0.143. The smallest absolute Gasteiger partial charge is 0.256 e. The number of piperazine rings is 1. The Labute approximate surface area is 191 Å². The number of aliphatic hydroxyl groups is 1. The highest BCUT2D eigenvalue weighted by Gasteiger charge is 2.50. The number of amides is 3. The number of hydrogen-bond donors (Lipinski definition) is 3. The zero-order valence-corrected chi connectivity index (χ0v) is 18.3.